The number of aliphatic carboxylic acids is 2. The van der Waals surface area contributed by atoms with Gasteiger partial charge in [0.15, 0.2) is 18.2 Å². The van der Waals surface area contributed by atoms with Gasteiger partial charge in [-0.05, 0) is 0 Å². The molecule has 21 nitrogen and oxygen atoms in total. The molecule has 0 aromatic carbocycles. The minimum atomic E-state index is -4.94. The number of carbonyl (C=O) groups is 4. The highest BCUT2D eigenvalue weighted by atomic mass is 31.2. The van der Waals surface area contributed by atoms with E-state index in [-0.39, 0.29) is 6.29 Å². The SMILES string of the molecule is CC(=O)C(=O)O.O=C(O)C(O)C(O)P(=O)(O)O.O=C[C@H](O)[C@@H](O)[C@H](O)[C@H](O)CO.OC[C@@H](O)[C@@H](O)[C@@H](O)CO. The van der Waals surface area contributed by atoms with E-state index in [1.54, 1.807) is 0 Å². The van der Waals surface area contributed by atoms with Gasteiger partial charge < -0.3 is 86.1 Å². The monoisotopic (exact) mass is 606 g/mol. The van der Waals surface area contributed by atoms with E-state index in [4.69, 9.17) is 81.3 Å². The van der Waals surface area contributed by atoms with Crippen LogP contribution in [0.3, 0.4) is 0 Å². The summed E-state index contributed by atoms with van der Waals surface area (Å²) >= 11 is 0. The topological polar surface area (TPSA) is 409 Å². The molecule has 0 heterocycles. The third-order valence-corrected chi connectivity index (χ3v) is 4.74. The molecular weight excluding hydrogens is 571 g/mol. The number of carboxylic acid groups (broad SMARTS) is 2. The number of carbonyl (C=O) groups excluding carboxylic acids is 2. The van der Waals surface area contributed by atoms with Crippen LogP contribution in [0, 0.1) is 0 Å². The summed E-state index contributed by atoms with van der Waals surface area (Å²) < 4.78 is 10.1. The maximum Gasteiger partial charge on any atom is 0.371 e. The van der Waals surface area contributed by atoms with E-state index in [9.17, 15) is 23.7 Å². The molecule has 0 spiro atoms. The molecule has 39 heavy (non-hydrogen) atoms. The van der Waals surface area contributed by atoms with Gasteiger partial charge in [0.05, 0.1) is 19.8 Å². The van der Waals surface area contributed by atoms with E-state index >= 15 is 0 Å². The van der Waals surface area contributed by atoms with Crippen LogP contribution in [0.5, 0.6) is 0 Å². The molecule has 0 fully saturated rings. The number of Topliss-reactive ketones (excluding diaryl/α,β-unsaturated/α-hetero) is 1. The molecule has 16 N–H and O–H groups in total. The summed E-state index contributed by atoms with van der Waals surface area (Å²) in [6, 6.07) is 0. The van der Waals surface area contributed by atoms with Crippen molar-refractivity contribution in [3.8, 4) is 0 Å². The smallest absolute Gasteiger partial charge is 0.371 e. The van der Waals surface area contributed by atoms with E-state index in [1.165, 1.54) is 0 Å². The molecule has 9 atom stereocenters. The van der Waals surface area contributed by atoms with Crippen molar-refractivity contribution in [3.05, 3.63) is 0 Å². The lowest BCUT2D eigenvalue weighted by atomic mass is 10.0. The molecule has 0 aliphatic rings. The van der Waals surface area contributed by atoms with E-state index < -0.39 is 99.8 Å². The molecule has 0 rings (SSSR count). The summed E-state index contributed by atoms with van der Waals surface area (Å²) in [5.41, 5.74) is 0. The van der Waals surface area contributed by atoms with E-state index in [1.807, 2.05) is 0 Å². The van der Waals surface area contributed by atoms with Gasteiger partial charge in [-0.25, -0.2) is 9.59 Å². The van der Waals surface area contributed by atoms with Crippen molar-refractivity contribution in [1.82, 2.24) is 0 Å². The first kappa shape index (κ1) is 44.0. The Balaban J connectivity index is -0.000000215. The average molecular weight is 606 g/mol. The van der Waals surface area contributed by atoms with Crippen LogP contribution in [0.15, 0.2) is 0 Å². The Morgan fingerprint density at radius 2 is 1.00 bits per heavy atom. The van der Waals surface area contributed by atoms with Crippen molar-refractivity contribution in [3.63, 3.8) is 0 Å². The van der Waals surface area contributed by atoms with Crippen molar-refractivity contribution >= 4 is 31.6 Å². The molecular formula is C17H35O21P. The predicted molar refractivity (Wildman–Crippen MR) is 119 cm³/mol. The Morgan fingerprint density at radius 1 is 0.692 bits per heavy atom. The molecule has 0 aliphatic heterocycles. The second kappa shape index (κ2) is 22.7. The summed E-state index contributed by atoms with van der Waals surface area (Å²) in [7, 11) is -4.94. The summed E-state index contributed by atoms with van der Waals surface area (Å²) in [5, 5.41) is 119. The summed E-state index contributed by atoms with van der Waals surface area (Å²) in [6.07, 6.45) is -13.6. The van der Waals surface area contributed by atoms with Gasteiger partial charge in [-0.15, -0.1) is 0 Å². The number of carboxylic acids is 2. The van der Waals surface area contributed by atoms with Crippen LogP contribution < -0.4 is 0 Å². The molecule has 0 aromatic heterocycles. The van der Waals surface area contributed by atoms with E-state index in [0.29, 0.717) is 0 Å². The summed E-state index contributed by atoms with van der Waals surface area (Å²) in [5.74, 6) is -6.66. The van der Waals surface area contributed by atoms with Crippen molar-refractivity contribution in [2.75, 3.05) is 19.8 Å². The van der Waals surface area contributed by atoms with Gasteiger partial charge in [0.25, 0.3) is 0 Å². The molecule has 0 radical (unpaired) electrons. The Labute approximate surface area is 218 Å². The number of aldehydes is 1. The highest BCUT2D eigenvalue weighted by molar-refractivity contribution is 7.52. The fourth-order valence-corrected chi connectivity index (χ4v) is 1.90. The summed E-state index contributed by atoms with van der Waals surface area (Å²) in [4.78, 5) is 54.9. The number of hydrogen-bond acceptors (Lipinski definition) is 17. The quantitative estimate of drug-likeness (QED) is 0.0525. The van der Waals surface area contributed by atoms with Crippen LogP contribution >= 0.6 is 7.60 Å². The van der Waals surface area contributed by atoms with Gasteiger partial charge in [-0.3, -0.25) is 9.36 Å². The molecule has 0 aliphatic carbocycles. The van der Waals surface area contributed by atoms with Crippen LogP contribution in [0.25, 0.3) is 0 Å². The largest absolute Gasteiger partial charge is 0.479 e. The molecule has 2 unspecified atom stereocenters. The Bertz CT molecular complexity index is 720. The second-order valence-electron chi connectivity index (χ2n) is 7.00. The number of aliphatic hydroxyl groups is 12. The number of hydrogen-bond donors (Lipinski definition) is 16. The van der Waals surface area contributed by atoms with Crippen molar-refractivity contribution in [2.45, 2.75) is 61.6 Å². The lowest BCUT2D eigenvalue weighted by Crippen LogP contribution is -2.46. The van der Waals surface area contributed by atoms with Crippen LogP contribution in [0.2, 0.25) is 0 Å². The van der Waals surface area contributed by atoms with Crippen LogP contribution in [-0.4, -0.2) is 180 Å². The van der Waals surface area contributed by atoms with E-state index in [0.717, 1.165) is 6.92 Å². The van der Waals surface area contributed by atoms with Crippen molar-refractivity contribution in [1.29, 1.82) is 0 Å². The minimum Gasteiger partial charge on any atom is -0.479 e. The molecule has 22 heteroatoms. The highest BCUT2D eigenvalue weighted by Gasteiger charge is 2.37. The van der Waals surface area contributed by atoms with Crippen molar-refractivity contribution in [2.24, 2.45) is 0 Å². The molecule has 234 valence electrons. The van der Waals surface area contributed by atoms with Gasteiger partial charge in [0.2, 0.25) is 5.78 Å². The lowest BCUT2D eigenvalue weighted by molar-refractivity contribution is -0.150. The zero-order valence-electron chi connectivity index (χ0n) is 20.0. The molecule has 0 saturated carbocycles. The minimum absolute atomic E-state index is 0.0258. The number of rotatable bonds is 13. The second-order valence-corrected chi connectivity index (χ2v) is 8.70. The van der Waals surface area contributed by atoms with Gasteiger partial charge in [0.1, 0.15) is 42.7 Å². The third kappa shape index (κ3) is 21.5. The first-order valence-electron chi connectivity index (χ1n) is 10.0. The first-order chi connectivity index (χ1) is 17.6. The normalized spacial score (nSPS) is 17.7. The van der Waals surface area contributed by atoms with E-state index in [2.05, 4.69) is 0 Å². The van der Waals surface area contributed by atoms with Crippen LogP contribution in [0.1, 0.15) is 6.92 Å². The Kier molecular flexibility index (Phi) is 25.6. The molecule has 0 bridgehead atoms. The fraction of sp³-hybridized carbons (Fsp3) is 0.765. The Morgan fingerprint density at radius 3 is 1.18 bits per heavy atom. The van der Waals surface area contributed by atoms with Crippen LogP contribution in [0.4, 0.5) is 0 Å². The van der Waals surface area contributed by atoms with Gasteiger partial charge >= 0.3 is 19.5 Å². The number of aliphatic hydroxyl groups excluding tert-OH is 12. The maximum atomic E-state index is 10.1. The predicted octanol–water partition coefficient (Wildman–Crippen LogP) is -8.74. The molecule has 0 saturated heterocycles. The maximum absolute atomic E-state index is 10.1. The van der Waals surface area contributed by atoms with Gasteiger partial charge in [0, 0.05) is 6.92 Å². The van der Waals surface area contributed by atoms with Crippen molar-refractivity contribution < 1.29 is 105 Å². The molecule has 0 amide bonds. The molecule has 0 aromatic rings. The third-order valence-electron chi connectivity index (χ3n) is 3.76. The van der Waals surface area contributed by atoms with Crippen LogP contribution in [-0.2, 0) is 23.7 Å². The first-order valence-corrected chi connectivity index (χ1v) is 11.7. The zero-order valence-corrected chi connectivity index (χ0v) is 20.9. The highest BCUT2D eigenvalue weighted by Crippen LogP contribution is 2.41. The van der Waals surface area contributed by atoms with Gasteiger partial charge in [-0.1, -0.05) is 0 Å². The lowest BCUT2D eigenvalue weighted by Gasteiger charge is -2.22. The summed E-state index contributed by atoms with van der Waals surface area (Å²) in [6.45, 7) is -1.04. The van der Waals surface area contributed by atoms with Gasteiger partial charge in [-0.2, -0.15) is 0 Å². The number of ketones is 1. The average Bonchev–Trinajstić information content (AvgIpc) is 2.89. The zero-order chi connectivity index (χ0) is 32.3. The standard InChI is InChI=1S/C6H12O6.C5H12O5.C3H7O7P.C3H4O3/c7-1-3(9)5(11)6(12)4(10)2-8;6-1-3(8)5(10)4(9)2-7;4-1(2(5)6)3(7)11(8,9)10;1-2(4)3(5)6/h1,3-6,8-12H,2H2;3-10H,1-2H2;1,3-4,7H,(H,5,6)(H2,8,9,10);1H3,(H,5,6)/t3-,4+,5+,6+;3-,4+,5-;;/m0.../s1. The Hall–Kier alpha value is -2.05. The fourth-order valence-electron chi connectivity index (χ4n) is 1.40.